The van der Waals surface area contributed by atoms with Crippen molar-refractivity contribution >= 4 is 23.4 Å². The van der Waals surface area contributed by atoms with Crippen LogP contribution in [0.5, 0.6) is 0 Å². The smallest absolute Gasteiger partial charge is 0.409 e. The summed E-state index contributed by atoms with van der Waals surface area (Å²) in [4.78, 5) is 24.9. The molecule has 1 aliphatic rings. The highest BCUT2D eigenvalue weighted by Gasteiger charge is 2.23. The summed E-state index contributed by atoms with van der Waals surface area (Å²) in [5.74, 6) is 2.87. The van der Waals surface area contributed by atoms with Crippen molar-refractivity contribution in [2.24, 2.45) is 0 Å². The molecule has 1 aromatic carbocycles. The summed E-state index contributed by atoms with van der Waals surface area (Å²) in [7, 11) is 0. The minimum absolute atomic E-state index is 0.242. The maximum absolute atomic E-state index is 11.9. The summed E-state index contributed by atoms with van der Waals surface area (Å²) in [6, 6.07) is 10.4. The Morgan fingerprint density at radius 3 is 2.43 bits per heavy atom. The van der Waals surface area contributed by atoms with Gasteiger partial charge in [0.25, 0.3) is 0 Å². The SMILES string of the molecule is CCOC(=O)N1CCN(c2cc(Nc3ccc(C(C)C)cc3)nc(C)n2)CC1. The largest absolute Gasteiger partial charge is 0.450 e. The first kappa shape index (κ1) is 19.9. The van der Waals surface area contributed by atoms with E-state index in [0.29, 0.717) is 31.4 Å². The molecule has 0 unspecified atom stereocenters. The summed E-state index contributed by atoms with van der Waals surface area (Å²) in [6.45, 7) is 11.2. The predicted octanol–water partition coefficient (Wildman–Crippen LogP) is 3.93. The quantitative estimate of drug-likeness (QED) is 0.844. The van der Waals surface area contributed by atoms with Gasteiger partial charge < -0.3 is 19.9 Å². The van der Waals surface area contributed by atoms with Gasteiger partial charge in [-0.1, -0.05) is 26.0 Å². The maximum Gasteiger partial charge on any atom is 0.409 e. The van der Waals surface area contributed by atoms with E-state index in [9.17, 15) is 4.79 Å². The number of carbonyl (C=O) groups is 1. The Labute approximate surface area is 166 Å². The molecule has 1 amide bonds. The van der Waals surface area contributed by atoms with Crippen molar-refractivity contribution in [2.45, 2.75) is 33.6 Å². The molecular formula is C21H29N5O2. The zero-order valence-electron chi connectivity index (χ0n) is 17.1. The zero-order valence-corrected chi connectivity index (χ0v) is 17.1. The van der Waals surface area contributed by atoms with Gasteiger partial charge in [-0.2, -0.15) is 0 Å². The monoisotopic (exact) mass is 383 g/mol. The summed E-state index contributed by atoms with van der Waals surface area (Å²) >= 11 is 0. The Kier molecular flexibility index (Phi) is 6.34. The lowest BCUT2D eigenvalue weighted by molar-refractivity contribution is 0.105. The van der Waals surface area contributed by atoms with Crippen LogP contribution in [0, 0.1) is 6.92 Å². The molecule has 0 aliphatic carbocycles. The van der Waals surface area contributed by atoms with E-state index in [1.165, 1.54) is 5.56 Å². The third kappa shape index (κ3) is 4.91. The molecule has 1 saturated heterocycles. The topological polar surface area (TPSA) is 70.6 Å². The summed E-state index contributed by atoms with van der Waals surface area (Å²) in [5, 5.41) is 3.37. The van der Waals surface area contributed by atoms with Crippen LogP contribution in [0.3, 0.4) is 0 Å². The van der Waals surface area contributed by atoms with Crippen molar-refractivity contribution in [2.75, 3.05) is 43.0 Å². The summed E-state index contributed by atoms with van der Waals surface area (Å²) in [6.07, 6.45) is -0.242. The second kappa shape index (κ2) is 8.91. The fourth-order valence-corrected chi connectivity index (χ4v) is 3.21. The Morgan fingerprint density at radius 2 is 1.82 bits per heavy atom. The Bertz CT molecular complexity index is 799. The van der Waals surface area contributed by atoms with Crippen molar-refractivity contribution in [3.8, 4) is 0 Å². The second-order valence-corrected chi connectivity index (χ2v) is 7.23. The average Bonchev–Trinajstić information content (AvgIpc) is 2.68. The first-order chi connectivity index (χ1) is 13.5. The van der Waals surface area contributed by atoms with E-state index in [1.807, 2.05) is 19.9 Å². The molecule has 2 heterocycles. The number of nitrogens with one attached hydrogen (secondary N) is 1. The first-order valence-corrected chi connectivity index (χ1v) is 9.85. The number of nitrogens with zero attached hydrogens (tertiary/aromatic N) is 4. The van der Waals surface area contributed by atoms with E-state index in [1.54, 1.807) is 4.90 Å². The number of aromatic nitrogens is 2. The van der Waals surface area contributed by atoms with Crippen LogP contribution in [0.1, 0.15) is 38.1 Å². The number of carbonyl (C=O) groups excluding carboxylic acids is 1. The highest BCUT2D eigenvalue weighted by molar-refractivity contribution is 5.68. The van der Waals surface area contributed by atoms with E-state index in [-0.39, 0.29) is 6.09 Å². The van der Waals surface area contributed by atoms with Gasteiger partial charge in [-0.3, -0.25) is 0 Å². The number of hydrogen-bond donors (Lipinski definition) is 1. The first-order valence-electron chi connectivity index (χ1n) is 9.85. The van der Waals surface area contributed by atoms with E-state index in [2.05, 4.69) is 58.3 Å². The molecule has 3 rings (SSSR count). The molecular weight excluding hydrogens is 354 g/mol. The van der Waals surface area contributed by atoms with E-state index < -0.39 is 0 Å². The number of amides is 1. The molecule has 0 bridgehead atoms. The lowest BCUT2D eigenvalue weighted by Crippen LogP contribution is -2.49. The van der Waals surface area contributed by atoms with Gasteiger partial charge in [-0.25, -0.2) is 14.8 Å². The van der Waals surface area contributed by atoms with Crippen molar-refractivity contribution in [1.82, 2.24) is 14.9 Å². The van der Waals surface area contributed by atoms with Crippen LogP contribution in [-0.2, 0) is 4.74 Å². The molecule has 1 aliphatic heterocycles. The van der Waals surface area contributed by atoms with Crippen LogP contribution in [0.15, 0.2) is 30.3 Å². The van der Waals surface area contributed by atoms with Crippen LogP contribution in [0.2, 0.25) is 0 Å². The molecule has 28 heavy (non-hydrogen) atoms. The minimum Gasteiger partial charge on any atom is -0.450 e. The molecule has 0 spiro atoms. The number of anilines is 3. The minimum atomic E-state index is -0.242. The Balaban J connectivity index is 1.67. The molecule has 2 aromatic rings. The van der Waals surface area contributed by atoms with Gasteiger partial charge >= 0.3 is 6.09 Å². The molecule has 0 radical (unpaired) electrons. The molecule has 0 atom stereocenters. The molecule has 7 nitrogen and oxygen atoms in total. The Hall–Kier alpha value is -2.83. The van der Waals surface area contributed by atoms with Crippen molar-refractivity contribution < 1.29 is 9.53 Å². The van der Waals surface area contributed by atoms with Gasteiger partial charge in [0.15, 0.2) is 0 Å². The summed E-state index contributed by atoms with van der Waals surface area (Å²) < 4.78 is 5.08. The third-order valence-corrected chi connectivity index (χ3v) is 4.80. The normalized spacial score (nSPS) is 14.3. The molecule has 0 saturated carbocycles. The molecule has 1 N–H and O–H groups in total. The van der Waals surface area contributed by atoms with Crippen molar-refractivity contribution in [3.63, 3.8) is 0 Å². The number of piperazine rings is 1. The molecule has 150 valence electrons. The highest BCUT2D eigenvalue weighted by Crippen LogP contribution is 2.23. The zero-order chi connectivity index (χ0) is 20.1. The van der Waals surface area contributed by atoms with Gasteiger partial charge in [-0.15, -0.1) is 0 Å². The van der Waals surface area contributed by atoms with E-state index >= 15 is 0 Å². The summed E-state index contributed by atoms with van der Waals surface area (Å²) in [5.41, 5.74) is 2.31. The van der Waals surface area contributed by atoms with Crippen LogP contribution in [0.4, 0.5) is 22.1 Å². The molecule has 1 aromatic heterocycles. The van der Waals surface area contributed by atoms with E-state index in [0.717, 1.165) is 30.4 Å². The van der Waals surface area contributed by atoms with Crippen LogP contribution in [0.25, 0.3) is 0 Å². The third-order valence-electron chi connectivity index (χ3n) is 4.80. The van der Waals surface area contributed by atoms with Gasteiger partial charge in [-0.05, 0) is 37.5 Å². The van der Waals surface area contributed by atoms with Crippen molar-refractivity contribution in [1.29, 1.82) is 0 Å². The van der Waals surface area contributed by atoms with Crippen molar-refractivity contribution in [3.05, 3.63) is 41.7 Å². The number of ether oxygens (including phenoxy) is 1. The highest BCUT2D eigenvalue weighted by atomic mass is 16.6. The number of hydrogen-bond acceptors (Lipinski definition) is 6. The van der Waals surface area contributed by atoms with Gasteiger partial charge in [0.1, 0.15) is 17.5 Å². The maximum atomic E-state index is 11.9. The van der Waals surface area contributed by atoms with E-state index in [4.69, 9.17) is 4.74 Å². The second-order valence-electron chi connectivity index (χ2n) is 7.23. The number of aryl methyl sites for hydroxylation is 1. The number of benzene rings is 1. The van der Waals surface area contributed by atoms with Crippen LogP contribution >= 0.6 is 0 Å². The fraction of sp³-hybridized carbons (Fsp3) is 0.476. The molecule has 1 fully saturated rings. The Morgan fingerprint density at radius 1 is 1.14 bits per heavy atom. The van der Waals surface area contributed by atoms with Gasteiger partial charge in [0.05, 0.1) is 6.61 Å². The van der Waals surface area contributed by atoms with Gasteiger partial charge in [0.2, 0.25) is 0 Å². The average molecular weight is 383 g/mol. The predicted molar refractivity (Wildman–Crippen MR) is 111 cm³/mol. The lowest BCUT2D eigenvalue weighted by atomic mass is 10.0. The van der Waals surface area contributed by atoms with Crippen LogP contribution < -0.4 is 10.2 Å². The number of rotatable bonds is 5. The molecule has 7 heteroatoms. The van der Waals surface area contributed by atoms with Gasteiger partial charge in [0, 0.05) is 37.9 Å². The van der Waals surface area contributed by atoms with Crippen LogP contribution in [-0.4, -0.2) is 53.7 Å². The standard InChI is InChI=1S/C21H29N5O2/c1-5-28-21(27)26-12-10-25(11-13-26)20-14-19(22-16(4)23-20)24-18-8-6-17(7-9-18)15(2)3/h6-9,14-15H,5,10-13H2,1-4H3,(H,22,23,24). The lowest BCUT2D eigenvalue weighted by Gasteiger charge is -2.34. The fourth-order valence-electron chi connectivity index (χ4n) is 3.21.